The lowest BCUT2D eigenvalue weighted by atomic mass is 10.1. The number of pyridine rings is 1. The summed E-state index contributed by atoms with van der Waals surface area (Å²) in [5, 5.41) is 10.2. The van der Waals surface area contributed by atoms with Gasteiger partial charge in [-0.15, -0.1) is 0 Å². The Morgan fingerprint density at radius 3 is 2.87 bits per heavy atom. The van der Waals surface area contributed by atoms with E-state index in [1.807, 2.05) is 18.2 Å². The summed E-state index contributed by atoms with van der Waals surface area (Å²) in [6.07, 6.45) is 1.09. The molecule has 76 valence electrons. The predicted octanol–water partition coefficient (Wildman–Crippen LogP) is 2.33. The van der Waals surface area contributed by atoms with Crippen molar-refractivity contribution in [2.45, 2.75) is 12.3 Å². The monoisotopic (exact) mass is 199 g/mol. The van der Waals surface area contributed by atoms with Gasteiger partial charge in [0.15, 0.2) is 0 Å². The highest BCUT2D eigenvalue weighted by Crippen LogP contribution is 2.46. The van der Waals surface area contributed by atoms with Crippen LogP contribution in [0, 0.1) is 5.92 Å². The number of aliphatic hydroxyl groups is 1. The van der Waals surface area contributed by atoms with Crippen LogP contribution in [0.2, 0.25) is 0 Å². The Morgan fingerprint density at radius 2 is 2.07 bits per heavy atom. The minimum atomic E-state index is 0.291. The van der Waals surface area contributed by atoms with E-state index in [9.17, 15) is 0 Å². The summed E-state index contributed by atoms with van der Waals surface area (Å²) in [6.45, 7) is 0.291. The van der Waals surface area contributed by atoms with Crippen molar-refractivity contribution in [2.75, 3.05) is 6.61 Å². The van der Waals surface area contributed by atoms with Crippen LogP contribution < -0.4 is 0 Å². The molecule has 1 fully saturated rings. The molecule has 15 heavy (non-hydrogen) atoms. The number of aromatic nitrogens is 1. The van der Waals surface area contributed by atoms with Crippen LogP contribution in [-0.2, 0) is 0 Å². The van der Waals surface area contributed by atoms with Crippen LogP contribution in [0.4, 0.5) is 0 Å². The van der Waals surface area contributed by atoms with E-state index in [0.29, 0.717) is 18.4 Å². The average molecular weight is 199 g/mol. The first-order valence-corrected chi connectivity index (χ1v) is 5.35. The van der Waals surface area contributed by atoms with Crippen LogP contribution in [0.5, 0.6) is 0 Å². The van der Waals surface area contributed by atoms with Crippen LogP contribution in [0.25, 0.3) is 10.9 Å². The van der Waals surface area contributed by atoms with Gasteiger partial charge in [-0.05, 0) is 24.5 Å². The Morgan fingerprint density at radius 1 is 1.20 bits per heavy atom. The van der Waals surface area contributed by atoms with Crippen molar-refractivity contribution in [3.05, 3.63) is 42.1 Å². The SMILES string of the molecule is OC[C@H]1C[C@H]1c1ccc2ccccc2n1. The van der Waals surface area contributed by atoms with E-state index in [1.54, 1.807) is 0 Å². The highest BCUT2D eigenvalue weighted by Gasteiger charge is 2.38. The Hall–Kier alpha value is -1.41. The normalized spacial score (nSPS) is 24.3. The second kappa shape index (κ2) is 3.31. The first kappa shape index (κ1) is 8.86. The van der Waals surface area contributed by atoms with E-state index < -0.39 is 0 Å². The van der Waals surface area contributed by atoms with Crippen molar-refractivity contribution >= 4 is 10.9 Å². The minimum Gasteiger partial charge on any atom is -0.396 e. The van der Waals surface area contributed by atoms with Crippen molar-refractivity contribution < 1.29 is 5.11 Å². The molecule has 2 aromatic rings. The van der Waals surface area contributed by atoms with Gasteiger partial charge in [-0.1, -0.05) is 24.3 Å². The molecule has 0 amide bonds. The van der Waals surface area contributed by atoms with Gasteiger partial charge in [0.25, 0.3) is 0 Å². The first-order valence-electron chi connectivity index (χ1n) is 5.35. The maximum atomic E-state index is 9.02. The second-order valence-corrected chi connectivity index (χ2v) is 4.21. The molecule has 2 heteroatoms. The maximum absolute atomic E-state index is 9.02. The van der Waals surface area contributed by atoms with Gasteiger partial charge < -0.3 is 5.11 Å². The fourth-order valence-electron chi connectivity index (χ4n) is 2.10. The lowest BCUT2D eigenvalue weighted by Gasteiger charge is -2.01. The molecule has 1 heterocycles. The molecule has 1 aliphatic carbocycles. The van der Waals surface area contributed by atoms with Crippen molar-refractivity contribution in [3.63, 3.8) is 0 Å². The van der Waals surface area contributed by atoms with Crippen LogP contribution in [0.1, 0.15) is 18.0 Å². The molecule has 1 aromatic heterocycles. The molecule has 0 aliphatic heterocycles. The molecule has 0 spiro atoms. The highest BCUT2D eigenvalue weighted by molar-refractivity contribution is 5.78. The molecular weight excluding hydrogens is 186 g/mol. The molecule has 0 saturated heterocycles. The zero-order valence-electron chi connectivity index (χ0n) is 8.43. The standard InChI is InChI=1S/C13H13NO/c15-8-10-7-11(10)13-6-5-9-3-1-2-4-12(9)14-13/h1-6,10-11,15H,7-8H2/t10-,11-/m1/s1. The fourth-order valence-corrected chi connectivity index (χ4v) is 2.10. The molecule has 1 aromatic carbocycles. The Balaban J connectivity index is 2.00. The molecule has 3 rings (SSSR count). The Bertz CT molecular complexity index is 495. The van der Waals surface area contributed by atoms with Crippen molar-refractivity contribution in [2.24, 2.45) is 5.92 Å². The van der Waals surface area contributed by atoms with Crippen molar-refractivity contribution in [1.29, 1.82) is 0 Å². The Kier molecular flexibility index (Phi) is 1.96. The molecule has 0 bridgehead atoms. The number of fused-ring (bicyclic) bond motifs is 1. The van der Waals surface area contributed by atoms with Crippen LogP contribution in [-0.4, -0.2) is 16.7 Å². The van der Waals surface area contributed by atoms with E-state index in [2.05, 4.69) is 23.2 Å². The van der Waals surface area contributed by atoms with Gasteiger partial charge in [-0.3, -0.25) is 4.98 Å². The van der Waals surface area contributed by atoms with Crippen LogP contribution in [0.3, 0.4) is 0 Å². The third kappa shape index (κ3) is 1.51. The average Bonchev–Trinajstić information content (AvgIpc) is 3.08. The summed E-state index contributed by atoms with van der Waals surface area (Å²) in [4.78, 5) is 4.62. The molecule has 2 nitrogen and oxygen atoms in total. The lowest BCUT2D eigenvalue weighted by Crippen LogP contribution is -1.92. The third-order valence-electron chi connectivity index (χ3n) is 3.16. The number of rotatable bonds is 2. The van der Waals surface area contributed by atoms with Gasteiger partial charge in [-0.2, -0.15) is 0 Å². The predicted molar refractivity (Wildman–Crippen MR) is 59.7 cm³/mol. The number of nitrogens with zero attached hydrogens (tertiary/aromatic N) is 1. The molecule has 0 unspecified atom stereocenters. The van der Waals surface area contributed by atoms with E-state index >= 15 is 0 Å². The summed E-state index contributed by atoms with van der Waals surface area (Å²) in [7, 11) is 0. The van der Waals surface area contributed by atoms with Crippen molar-refractivity contribution in [1.82, 2.24) is 4.98 Å². The van der Waals surface area contributed by atoms with E-state index in [4.69, 9.17) is 5.11 Å². The summed E-state index contributed by atoms with van der Waals surface area (Å²) >= 11 is 0. The summed E-state index contributed by atoms with van der Waals surface area (Å²) in [5.74, 6) is 0.929. The Labute approximate surface area is 88.6 Å². The third-order valence-corrected chi connectivity index (χ3v) is 3.16. The van der Waals surface area contributed by atoms with E-state index in [-0.39, 0.29) is 0 Å². The maximum Gasteiger partial charge on any atom is 0.0705 e. The molecular formula is C13H13NO. The van der Waals surface area contributed by atoms with Gasteiger partial charge in [0.05, 0.1) is 5.52 Å². The number of para-hydroxylation sites is 1. The van der Waals surface area contributed by atoms with Crippen LogP contribution in [0.15, 0.2) is 36.4 Å². The zero-order chi connectivity index (χ0) is 10.3. The molecule has 1 aliphatic rings. The number of hydrogen-bond donors (Lipinski definition) is 1. The minimum absolute atomic E-state index is 0.291. The highest BCUT2D eigenvalue weighted by atomic mass is 16.3. The van der Waals surface area contributed by atoms with E-state index in [1.165, 1.54) is 5.39 Å². The lowest BCUT2D eigenvalue weighted by molar-refractivity contribution is 0.273. The summed E-state index contributed by atoms with van der Waals surface area (Å²) < 4.78 is 0. The van der Waals surface area contributed by atoms with Gasteiger partial charge in [0.2, 0.25) is 0 Å². The number of benzene rings is 1. The largest absolute Gasteiger partial charge is 0.396 e. The van der Waals surface area contributed by atoms with Gasteiger partial charge in [-0.25, -0.2) is 0 Å². The summed E-state index contributed by atoms with van der Waals surface area (Å²) in [6, 6.07) is 12.3. The molecule has 1 saturated carbocycles. The van der Waals surface area contributed by atoms with Gasteiger partial charge in [0.1, 0.15) is 0 Å². The fraction of sp³-hybridized carbons (Fsp3) is 0.308. The topological polar surface area (TPSA) is 33.1 Å². The zero-order valence-corrected chi connectivity index (χ0v) is 8.43. The van der Waals surface area contributed by atoms with Crippen molar-refractivity contribution in [3.8, 4) is 0 Å². The molecule has 0 radical (unpaired) electrons. The number of hydrogen-bond acceptors (Lipinski definition) is 2. The van der Waals surface area contributed by atoms with Gasteiger partial charge >= 0.3 is 0 Å². The van der Waals surface area contributed by atoms with E-state index in [0.717, 1.165) is 17.6 Å². The first-order chi connectivity index (χ1) is 7.38. The van der Waals surface area contributed by atoms with Crippen LogP contribution >= 0.6 is 0 Å². The number of aliphatic hydroxyl groups excluding tert-OH is 1. The molecule has 1 N–H and O–H groups in total. The smallest absolute Gasteiger partial charge is 0.0705 e. The summed E-state index contributed by atoms with van der Waals surface area (Å²) in [5.41, 5.74) is 2.19. The quantitative estimate of drug-likeness (QED) is 0.805. The second-order valence-electron chi connectivity index (χ2n) is 4.21. The van der Waals surface area contributed by atoms with Gasteiger partial charge in [0, 0.05) is 23.6 Å². The molecule has 2 atom stereocenters.